The molecule has 3 aromatic rings. The molecule has 9 nitrogen and oxygen atoms in total. The van der Waals surface area contributed by atoms with Crippen LogP contribution >= 0.6 is 0 Å². The zero-order chi connectivity index (χ0) is 20.3. The van der Waals surface area contributed by atoms with Crippen LogP contribution in [0.5, 0.6) is 11.5 Å². The second-order valence-electron chi connectivity index (χ2n) is 5.76. The maximum absolute atomic E-state index is 12.5. The minimum Gasteiger partial charge on any atom is -0.543 e. The lowest BCUT2D eigenvalue weighted by atomic mass is 10.1. The number of methoxy groups -OCH3 is 2. The first-order valence-electron chi connectivity index (χ1n) is 8.17. The van der Waals surface area contributed by atoms with Gasteiger partial charge >= 0.3 is 0 Å². The van der Waals surface area contributed by atoms with Crippen molar-refractivity contribution in [1.29, 1.82) is 0 Å². The number of rotatable bonds is 6. The van der Waals surface area contributed by atoms with Crippen LogP contribution in [0, 0.1) is 0 Å². The highest BCUT2D eigenvalue weighted by Gasteiger charge is 2.14. The fourth-order valence-electron chi connectivity index (χ4n) is 2.74. The van der Waals surface area contributed by atoms with E-state index in [1.165, 1.54) is 26.4 Å². The van der Waals surface area contributed by atoms with E-state index < -0.39 is 29.7 Å². The van der Waals surface area contributed by atoms with Gasteiger partial charge in [0.1, 0.15) is 12.2 Å². The summed E-state index contributed by atoms with van der Waals surface area (Å²) in [6, 6.07) is 10.9. The Kier molecular flexibility index (Phi) is 5.25. The van der Waals surface area contributed by atoms with E-state index in [1.54, 1.807) is 30.3 Å². The zero-order valence-electron chi connectivity index (χ0n) is 15.1. The summed E-state index contributed by atoms with van der Waals surface area (Å²) in [6.45, 7) is -0.474. The number of hydrogen-bond donors (Lipinski definition) is 1. The van der Waals surface area contributed by atoms with Gasteiger partial charge in [-0.3, -0.25) is 9.59 Å². The van der Waals surface area contributed by atoms with Crippen LogP contribution in [0.25, 0.3) is 10.8 Å². The molecule has 1 heterocycles. The molecule has 0 aliphatic rings. The summed E-state index contributed by atoms with van der Waals surface area (Å²) >= 11 is 0. The number of benzene rings is 2. The highest BCUT2D eigenvalue weighted by Crippen LogP contribution is 2.29. The molecular formula is C19H16N3O6-. The molecular weight excluding hydrogens is 366 g/mol. The molecule has 0 spiro atoms. The first-order chi connectivity index (χ1) is 13.4. The number of anilines is 1. The molecule has 0 unspecified atom stereocenters. The Balaban J connectivity index is 1.90. The Bertz CT molecular complexity index is 1120. The van der Waals surface area contributed by atoms with Crippen molar-refractivity contribution >= 4 is 28.3 Å². The van der Waals surface area contributed by atoms with Gasteiger partial charge in [0.05, 0.1) is 25.6 Å². The van der Waals surface area contributed by atoms with Crippen LogP contribution in [0.4, 0.5) is 5.69 Å². The van der Waals surface area contributed by atoms with Crippen LogP contribution in [0.1, 0.15) is 10.5 Å². The number of aromatic carboxylic acids is 1. The molecule has 0 fully saturated rings. The lowest BCUT2D eigenvalue weighted by Crippen LogP contribution is -2.34. The highest BCUT2D eigenvalue weighted by molar-refractivity contribution is 6.00. The topological polar surface area (TPSA) is 123 Å². The van der Waals surface area contributed by atoms with Crippen molar-refractivity contribution in [2.75, 3.05) is 19.5 Å². The summed E-state index contributed by atoms with van der Waals surface area (Å²) in [5.41, 5.74) is -0.575. The first-order valence-corrected chi connectivity index (χ1v) is 8.17. The Labute approximate surface area is 159 Å². The quantitative estimate of drug-likeness (QED) is 0.655. The van der Waals surface area contributed by atoms with Crippen molar-refractivity contribution in [1.82, 2.24) is 9.78 Å². The van der Waals surface area contributed by atoms with Gasteiger partial charge in [-0.05, 0) is 18.2 Å². The molecule has 144 valence electrons. The van der Waals surface area contributed by atoms with Gasteiger partial charge in [0.2, 0.25) is 5.91 Å². The van der Waals surface area contributed by atoms with E-state index in [4.69, 9.17) is 9.47 Å². The largest absolute Gasteiger partial charge is 0.543 e. The lowest BCUT2D eigenvalue weighted by molar-refractivity contribution is -0.255. The number of carboxylic acids is 1. The number of carbonyl (C=O) groups is 2. The van der Waals surface area contributed by atoms with Gasteiger partial charge < -0.3 is 24.7 Å². The predicted molar refractivity (Wildman–Crippen MR) is 98.5 cm³/mol. The fraction of sp³-hybridized carbons (Fsp3) is 0.158. The van der Waals surface area contributed by atoms with E-state index in [2.05, 4.69) is 10.4 Å². The number of nitrogens with one attached hydrogen (secondary N) is 1. The molecule has 0 radical (unpaired) electrons. The van der Waals surface area contributed by atoms with Crippen molar-refractivity contribution in [2.45, 2.75) is 6.54 Å². The summed E-state index contributed by atoms with van der Waals surface area (Å²) in [5, 5.41) is 18.0. The van der Waals surface area contributed by atoms with Gasteiger partial charge in [0.15, 0.2) is 11.5 Å². The summed E-state index contributed by atoms with van der Waals surface area (Å²) in [4.78, 5) is 36.3. The van der Waals surface area contributed by atoms with E-state index in [0.29, 0.717) is 17.2 Å². The molecule has 1 aromatic heterocycles. The maximum Gasteiger partial charge on any atom is 0.275 e. The van der Waals surface area contributed by atoms with Gasteiger partial charge in [-0.2, -0.15) is 5.10 Å². The monoisotopic (exact) mass is 382 g/mol. The number of fused-ring (bicyclic) bond motifs is 1. The number of carbonyl (C=O) groups excluding carboxylic acids is 2. The van der Waals surface area contributed by atoms with Gasteiger partial charge in [-0.25, -0.2) is 4.68 Å². The second-order valence-corrected chi connectivity index (χ2v) is 5.76. The Morgan fingerprint density at radius 3 is 2.39 bits per heavy atom. The molecule has 1 amide bonds. The molecule has 0 saturated heterocycles. The van der Waals surface area contributed by atoms with Crippen LogP contribution in [-0.4, -0.2) is 35.9 Å². The van der Waals surface area contributed by atoms with Gasteiger partial charge in [0, 0.05) is 17.1 Å². The summed E-state index contributed by atoms with van der Waals surface area (Å²) in [5.74, 6) is -1.20. The maximum atomic E-state index is 12.5. The van der Waals surface area contributed by atoms with Crippen LogP contribution in [0.15, 0.2) is 47.3 Å². The van der Waals surface area contributed by atoms with Crippen molar-refractivity contribution in [3.63, 3.8) is 0 Å². The molecule has 28 heavy (non-hydrogen) atoms. The number of amides is 1. The summed E-state index contributed by atoms with van der Waals surface area (Å²) in [7, 11) is 2.95. The normalized spacial score (nSPS) is 10.5. The van der Waals surface area contributed by atoms with Gasteiger partial charge in [-0.15, -0.1) is 0 Å². The Morgan fingerprint density at radius 1 is 1.07 bits per heavy atom. The minimum absolute atomic E-state index is 0.135. The predicted octanol–water partition coefficient (Wildman–Crippen LogP) is 0.416. The third-order valence-corrected chi connectivity index (χ3v) is 4.02. The molecule has 0 saturated carbocycles. The Morgan fingerprint density at radius 2 is 1.75 bits per heavy atom. The number of hydrogen-bond acceptors (Lipinski definition) is 7. The number of ether oxygens (including phenoxy) is 2. The van der Waals surface area contributed by atoms with Gasteiger partial charge in [-0.1, -0.05) is 18.2 Å². The van der Waals surface area contributed by atoms with Crippen LogP contribution in [-0.2, 0) is 11.3 Å². The molecule has 0 aliphatic carbocycles. The Hall–Kier alpha value is -3.88. The third kappa shape index (κ3) is 3.63. The highest BCUT2D eigenvalue weighted by atomic mass is 16.5. The molecule has 2 aromatic carbocycles. The fourth-order valence-corrected chi connectivity index (χ4v) is 2.74. The average Bonchev–Trinajstić information content (AvgIpc) is 2.69. The van der Waals surface area contributed by atoms with E-state index in [1.807, 2.05) is 0 Å². The van der Waals surface area contributed by atoms with E-state index >= 15 is 0 Å². The minimum atomic E-state index is -1.54. The molecule has 1 N–H and O–H groups in total. The van der Waals surface area contributed by atoms with Crippen molar-refractivity contribution in [3.05, 3.63) is 58.5 Å². The lowest BCUT2D eigenvalue weighted by Gasteiger charge is -2.13. The summed E-state index contributed by atoms with van der Waals surface area (Å²) < 4.78 is 11.1. The molecule has 0 atom stereocenters. The second kappa shape index (κ2) is 7.78. The van der Waals surface area contributed by atoms with Crippen LogP contribution in [0.2, 0.25) is 0 Å². The zero-order valence-corrected chi connectivity index (χ0v) is 15.1. The molecule has 3 rings (SSSR count). The van der Waals surface area contributed by atoms with Crippen molar-refractivity contribution in [2.24, 2.45) is 0 Å². The average molecular weight is 382 g/mol. The standard InChI is InChI=1S/C19H17N3O6/c1-27-14-8-7-11(9-15(14)28-2)20-16(23)10-22-18(24)13-6-4-3-5-12(13)17(21-22)19(25)26/h3-9H,10H2,1-2H3,(H,20,23)(H,25,26)/p-1. The number of aromatic nitrogens is 2. The molecule has 0 bridgehead atoms. The first kappa shape index (κ1) is 18.9. The van der Waals surface area contributed by atoms with Crippen molar-refractivity contribution in [3.8, 4) is 11.5 Å². The molecule has 9 heteroatoms. The van der Waals surface area contributed by atoms with E-state index in [-0.39, 0.29) is 10.8 Å². The number of carboxylic acid groups (broad SMARTS) is 1. The SMILES string of the molecule is COc1ccc(NC(=O)Cn2nc(C(=O)[O-])c3ccccc3c2=O)cc1OC. The van der Waals surface area contributed by atoms with Gasteiger partial charge in [0.25, 0.3) is 5.56 Å². The molecule has 0 aliphatic heterocycles. The smallest absolute Gasteiger partial charge is 0.275 e. The summed E-state index contributed by atoms with van der Waals surface area (Å²) in [6.07, 6.45) is 0. The van der Waals surface area contributed by atoms with E-state index in [9.17, 15) is 19.5 Å². The number of nitrogens with zero attached hydrogens (tertiary/aromatic N) is 2. The van der Waals surface area contributed by atoms with E-state index in [0.717, 1.165) is 4.68 Å². The van der Waals surface area contributed by atoms with Crippen LogP contribution < -0.4 is 25.5 Å². The van der Waals surface area contributed by atoms with Crippen molar-refractivity contribution < 1.29 is 24.2 Å². The third-order valence-electron chi connectivity index (χ3n) is 4.02. The van der Waals surface area contributed by atoms with Crippen LogP contribution in [0.3, 0.4) is 0 Å².